The van der Waals surface area contributed by atoms with Gasteiger partial charge in [0.05, 0.1) is 20.6 Å². The summed E-state index contributed by atoms with van der Waals surface area (Å²) in [6.07, 6.45) is 0.178. The van der Waals surface area contributed by atoms with Crippen LogP contribution in [0.3, 0.4) is 0 Å². The molecule has 5 heteroatoms. The van der Waals surface area contributed by atoms with Crippen molar-refractivity contribution < 1.29 is 19.1 Å². The Hall–Kier alpha value is -3.60. The highest BCUT2D eigenvalue weighted by molar-refractivity contribution is 6.09. The van der Waals surface area contributed by atoms with Crippen LogP contribution >= 0.6 is 0 Å². The summed E-state index contributed by atoms with van der Waals surface area (Å²) in [5.74, 6) is 0.912. The monoisotopic (exact) mass is 375 g/mol. The minimum absolute atomic E-state index is 0.0865. The first-order valence-corrected chi connectivity index (χ1v) is 8.81. The Morgan fingerprint density at radius 3 is 2.21 bits per heavy atom. The molecule has 0 heterocycles. The summed E-state index contributed by atoms with van der Waals surface area (Å²) in [4.78, 5) is 25.0. The molecule has 0 saturated heterocycles. The molecule has 0 atom stereocenters. The molecule has 3 rings (SSSR count). The lowest BCUT2D eigenvalue weighted by molar-refractivity contribution is -0.115. The van der Waals surface area contributed by atoms with Crippen molar-refractivity contribution in [3.05, 3.63) is 89.5 Å². The third kappa shape index (κ3) is 4.57. The van der Waals surface area contributed by atoms with E-state index in [1.165, 1.54) is 0 Å². The van der Waals surface area contributed by atoms with Crippen molar-refractivity contribution in [1.82, 2.24) is 0 Å². The molecular formula is C23H21NO4. The van der Waals surface area contributed by atoms with E-state index in [0.717, 1.165) is 5.56 Å². The molecule has 28 heavy (non-hydrogen) atoms. The first kappa shape index (κ1) is 19.2. The minimum Gasteiger partial charge on any atom is -0.493 e. The second kappa shape index (κ2) is 8.86. The van der Waals surface area contributed by atoms with Gasteiger partial charge in [-0.1, -0.05) is 48.5 Å². The van der Waals surface area contributed by atoms with Gasteiger partial charge in [0.25, 0.3) is 0 Å². The number of carbonyl (C=O) groups is 2. The molecule has 1 N–H and O–H groups in total. The van der Waals surface area contributed by atoms with Crippen LogP contribution in [-0.4, -0.2) is 25.9 Å². The van der Waals surface area contributed by atoms with Gasteiger partial charge in [0, 0.05) is 16.8 Å². The van der Waals surface area contributed by atoms with Gasteiger partial charge >= 0.3 is 0 Å². The first-order chi connectivity index (χ1) is 13.6. The third-order valence-corrected chi connectivity index (χ3v) is 4.26. The lowest BCUT2D eigenvalue weighted by Gasteiger charge is -2.10. The summed E-state index contributed by atoms with van der Waals surface area (Å²) in [5.41, 5.74) is 2.50. The molecule has 0 aliphatic rings. The van der Waals surface area contributed by atoms with Crippen molar-refractivity contribution in [2.75, 3.05) is 19.5 Å². The number of anilines is 1. The molecule has 3 aromatic rings. The van der Waals surface area contributed by atoms with Crippen LogP contribution in [0.5, 0.6) is 11.5 Å². The summed E-state index contributed by atoms with van der Waals surface area (Å²) in [5, 5.41) is 2.84. The zero-order valence-electron chi connectivity index (χ0n) is 15.8. The number of nitrogens with one attached hydrogen (secondary N) is 1. The highest BCUT2D eigenvalue weighted by atomic mass is 16.5. The highest BCUT2D eigenvalue weighted by Gasteiger charge is 2.11. The number of carbonyl (C=O) groups excluding carboxylic acids is 2. The average Bonchev–Trinajstić information content (AvgIpc) is 2.73. The van der Waals surface area contributed by atoms with Crippen molar-refractivity contribution >= 4 is 17.4 Å². The van der Waals surface area contributed by atoms with Crippen molar-refractivity contribution in [1.29, 1.82) is 0 Å². The number of ether oxygens (including phenoxy) is 2. The molecule has 0 radical (unpaired) electrons. The Labute approximate surface area is 163 Å². The van der Waals surface area contributed by atoms with E-state index in [1.54, 1.807) is 62.8 Å². The van der Waals surface area contributed by atoms with Crippen LogP contribution in [0, 0.1) is 0 Å². The van der Waals surface area contributed by atoms with Gasteiger partial charge in [-0.3, -0.25) is 9.59 Å². The third-order valence-electron chi connectivity index (χ3n) is 4.26. The molecule has 5 nitrogen and oxygen atoms in total. The van der Waals surface area contributed by atoms with E-state index in [9.17, 15) is 9.59 Å². The van der Waals surface area contributed by atoms with Crippen LogP contribution in [-0.2, 0) is 11.2 Å². The maximum Gasteiger partial charge on any atom is 0.228 e. The van der Waals surface area contributed by atoms with E-state index in [4.69, 9.17) is 9.47 Å². The number of rotatable bonds is 7. The summed E-state index contributed by atoms with van der Waals surface area (Å²) < 4.78 is 10.5. The fourth-order valence-corrected chi connectivity index (χ4v) is 2.88. The van der Waals surface area contributed by atoms with E-state index < -0.39 is 0 Å². The van der Waals surface area contributed by atoms with Crippen LogP contribution in [0.15, 0.2) is 72.8 Å². The molecule has 0 unspecified atom stereocenters. The van der Waals surface area contributed by atoms with E-state index in [1.807, 2.05) is 24.3 Å². The number of amides is 1. The molecular weight excluding hydrogens is 354 g/mol. The first-order valence-electron chi connectivity index (χ1n) is 8.81. The van der Waals surface area contributed by atoms with Crippen molar-refractivity contribution in [3.8, 4) is 11.5 Å². The molecule has 0 saturated carbocycles. The lowest BCUT2D eigenvalue weighted by Crippen LogP contribution is -2.15. The van der Waals surface area contributed by atoms with Gasteiger partial charge in [-0.05, 0) is 29.8 Å². The van der Waals surface area contributed by atoms with Crippen LogP contribution in [0.2, 0.25) is 0 Å². The summed E-state index contributed by atoms with van der Waals surface area (Å²) in [7, 11) is 3.12. The molecule has 1 amide bonds. The molecule has 0 aromatic heterocycles. The number of hydrogen-bond acceptors (Lipinski definition) is 4. The van der Waals surface area contributed by atoms with Crippen molar-refractivity contribution in [2.24, 2.45) is 0 Å². The zero-order valence-corrected chi connectivity index (χ0v) is 15.8. The van der Waals surface area contributed by atoms with Gasteiger partial charge in [0.15, 0.2) is 17.3 Å². The molecule has 0 fully saturated rings. The van der Waals surface area contributed by atoms with Crippen LogP contribution in [0.1, 0.15) is 21.5 Å². The summed E-state index contributed by atoms with van der Waals surface area (Å²) in [6, 6.07) is 21.3. The summed E-state index contributed by atoms with van der Waals surface area (Å²) >= 11 is 0. The van der Waals surface area contributed by atoms with Crippen LogP contribution in [0.4, 0.5) is 5.69 Å². The Morgan fingerprint density at radius 2 is 1.50 bits per heavy atom. The molecule has 3 aromatic carbocycles. The number of hydrogen-bond donors (Lipinski definition) is 1. The smallest absolute Gasteiger partial charge is 0.228 e. The van der Waals surface area contributed by atoms with Crippen LogP contribution < -0.4 is 14.8 Å². The number of methoxy groups -OCH3 is 2. The SMILES string of the molecule is COc1ccc(CC(=O)Nc2cccc(C(=O)c3ccccc3)c2)cc1OC. The predicted molar refractivity (Wildman–Crippen MR) is 108 cm³/mol. The number of benzene rings is 3. The van der Waals surface area contributed by atoms with Crippen LogP contribution in [0.25, 0.3) is 0 Å². The van der Waals surface area contributed by atoms with Crippen molar-refractivity contribution in [3.63, 3.8) is 0 Å². The Kier molecular flexibility index (Phi) is 6.07. The molecule has 142 valence electrons. The van der Waals surface area contributed by atoms with Gasteiger partial charge < -0.3 is 14.8 Å². The fraction of sp³-hybridized carbons (Fsp3) is 0.130. The van der Waals surface area contributed by atoms with E-state index in [2.05, 4.69) is 5.32 Å². The normalized spacial score (nSPS) is 10.2. The van der Waals surface area contributed by atoms with E-state index in [0.29, 0.717) is 28.3 Å². The molecule has 0 spiro atoms. The molecule has 0 aliphatic heterocycles. The van der Waals surface area contributed by atoms with Gasteiger partial charge in [-0.15, -0.1) is 0 Å². The fourth-order valence-electron chi connectivity index (χ4n) is 2.88. The Bertz CT molecular complexity index is 983. The standard InChI is InChI=1S/C23H21NO4/c1-27-20-12-11-16(13-21(20)28-2)14-22(25)24-19-10-6-9-18(15-19)23(26)17-7-4-3-5-8-17/h3-13,15H,14H2,1-2H3,(H,24,25). The Morgan fingerprint density at radius 1 is 0.786 bits per heavy atom. The predicted octanol–water partition coefficient (Wildman–Crippen LogP) is 4.12. The van der Waals surface area contributed by atoms with Gasteiger partial charge in [-0.25, -0.2) is 0 Å². The molecule has 0 aliphatic carbocycles. The maximum absolute atomic E-state index is 12.6. The largest absolute Gasteiger partial charge is 0.493 e. The lowest BCUT2D eigenvalue weighted by atomic mass is 10.0. The zero-order chi connectivity index (χ0) is 19.9. The highest BCUT2D eigenvalue weighted by Crippen LogP contribution is 2.27. The number of ketones is 1. The summed E-state index contributed by atoms with van der Waals surface area (Å²) in [6.45, 7) is 0. The topological polar surface area (TPSA) is 64.6 Å². The molecule has 0 bridgehead atoms. The second-order valence-electron chi connectivity index (χ2n) is 6.19. The van der Waals surface area contributed by atoms with E-state index >= 15 is 0 Å². The minimum atomic E-state index is -0.184. The Balaban J connectivity index is 1.70. The quantitative estimate of drug-likeness (QED) is 0.631. The van der Waals surface area contributed by atoms with Gasteiger partial charge in [0.1, 0.15) is 0 Å². The van der Waals surface area contributed by atoms with Gasteiger partial charge in [-0.2, -0.15) is 0 Å². The average molecular weight is 375 g/mol. The van der Waals surface area contributed by atoms with Crippen molar-refractivity contribution in [2.45, 2.75) is 6.42 Å². The maximum atomic E-state index is 12.6. The van der Waals surface area contributed by atoms with Gasteiger partial charge in [0.2, 0.25) is 5.91 Å². The second-order valence-corrected chi connectivity index (χ2v) is 6.19. The van der Waals surface area contributed by atoms with E-state index in [-0.39, 0.29) is 18.1 Å².